The molecule has 0 aliphatic rings. The number of para-hydroxylation sites is 2. The van der Waals surface area contributed by atoms with Crippen LogP contribution in [0.4, 0.5) is 11.4 Å². The van der Waals surface area contributed by atoms with Crippen molar-refractivity contribution >= 4 is 28.2 Å². The third-order valence-electron chi connectivity index (χ3n) is 4.78. The number of hydrogen-bond donors (Lipinski definition) is 1. The molecule has 30 heavy (non-hydrogen) atoms. The molecule has 5 heteroatoms. The molecule has 1 amide bonds. The maximum Gasteiger partial charge on any atom is 0.248 e. The fraction of sp³-hybridized carbons (Fsp3) is 0.120. The van der Waals surface area contributed by atoms with Gasteiger partial charge in [0.15, 0.2) is 0 Å². The number of hydrogen-bond acceptors (Lipinski definition) is 3. The molecule has 0 saturated heterocycles. The topological polar surface area (TPSA) is 62.4 Å². The number of rotatable bonds is 7. The highest BCUT2D eigenvalue weighted by molar-refractivity contribution is 6.00. The second kappa shape index (κ2) is 9.09. The minimum atomic E-state index is -0.129. The summed E-state index contributed by atoms with van der Waals surface area (Å²) in [7, 11) is 0. The molecule has 1 heterocycles. The van der Waals surface area contributed by atoms with Gasteiger partial charge in [-0.05, 0) is 55.0 Å². The number of aromatic nitrogens is 1. The molecule has 1 N–H and O–H groups in total. The van der Waals surface area contributed by atoms with Gasteiger partial charge < -0.3 is 9.72 Å². The number of nitrogens with zero attached hydrogens (tertiary/aromatic N) is 1. The van der Waals surface area contributed by atoms with E-state index in [1.54, 1.807) is 11.0 Å². The van der Waals surface area contributed by atoms with Crippen molar-refractivity contribution in [3.05, 3.63) is 101 Å². The predicted molar refractivity (Wildman–Crippen MR) is 119 cm³/mol. The summed E-state index contributed by atoms with van der Waals surface area (Å²) in [5, 5.41) is 0.905. The summed E-state index contributed by atoms with van der Waals surface area (Å²) < 4.78 is 5.82. The van der Waals surface area contributed by atoms with Crippen molar-refractivity contribution in [3.8, 4) is 5.75 Å². The molecule has 4 aromatic rings. The van der Waals surface area contributed by atoms with Gasteiger partial charge in [-0.1, -0.05) is 36.4 Å². The van der Waals surface area contributed by atoms with E-state index in [0.29, 0.717) is 25.2 Å². The van der Waals surface area contributed by atoms with E-state index < -0.39 is 0 Å². The summed E-state index contributed by atoms with van der Waals surface area (Å²) in [6, 6.07) is 28.1. The lowest BCUT2D eigenvalue weighted by molar-refractivity contribution is -0.118. The van der Waals surface area contributed by atoms with E-state index in [1.807, 2.05) is 78.9 Å². The molecule has 0 unspecified atom stereocenters. The summed E-state index contributed by atoms with van der Waals surface area (Å²) in [5.74, 6) is 0.733. The molecule has 0 bridgehead atoms. The molecule has 0 aliphatic carbocycles. The predicted octanol–water partition coefficient (Wildman–Crippen LogP) is 5.05. The van der Waals surface area contributed by atoms with Crippen molar-refractivity contribution in [2.45, 2.75) is 12.8 Å². The van der Waals surface area contributed by atoms with Crippen molar-refractivity contribution in [1.29, 1.82) is 0 Å². The number of ether oxygens (including phenoxy) is 1. The monoisotopic (exact) mass is 398 g/mol. The van der Waals surface area contributed by atoms with Crippen molar-refractivity contribution in [3.63, 3.8) is 0 Å². The maximum absolute atomic E-state index is 13.0. The number of amides is 1. The van der Waals surface area contributed by atoms with Gasteiger partial charge in [0.1, 0.15) is 5.75 Å². The molecule has 0 fully saturated rings. The Hall–Kier alpha value is -3.86. The van der Waals surface area contributed by atoms with Crippen molar-refractivity contribution in [2.24, 2.45) is 0 Å². The summed E-state index contributed by atoms with van der Waals surface area (Å²) in [6.45, 7) is 0.429. The van der Waals surface area contributed by atoms with Crippen LogP contribution >= 0.6 is 0 Å². The molecule has 4 rings (SSSR count). The Balaban J connectivity index is 1.39. The Kier molecular flexibility index (Phi) is 5.90. The van der Waals surface area contributed by atoms with Gasteiger partial charge in [0.2, 0.25) is 11.5 Å². The second-order valence-electron chi connectivity index (χ2n) is 6.92. The molecule has 0 radical (unpaired) electrons. The van der Waals surface area contributed by atoms with Crippen LogP contribution in [0.3, 0.4) is 0 Å². The zero-order chi connectivity index (χ0) is 20.8. The van der Waals surface area contributed by atoms with Gasteiger partial charge in [-0.25, -0.2) is 0 Å². The van der Waals surface area contributed by atoms with Crippen LogP contribution in [-0.2, 0) is 4.79 Å². The summed E-state index contributed by atoms with van der Waals surface area (Å²) in [4.78, 5) is 28.9. The molecule has 150 valence electrons. The molecule has 5 nitrogen and oxygen atoms in total. The minimum absolute atomic E-state index is 0.0205. The number of anilines is 2. The Morgan fingerprint density at radius 1 is 0.833 bits per heavy atom. The average Bonchev–Trinajstić information content (AvgIpc) is 2.78. The lowest BCUT2D eigenvalue weighted by Gasteiger charge is -2.23. The fourth-order valence-corrected chi connectivity index (χ4v) is 3.34. The summed E-state index contributed by atoms with van der Waals surface area (Å²) in [6.07, 6.45) is 0.962. The van der Waals surface area contributed by atoms with Gasteiger partial charge in [0, 0.05) is 34.8 Å². The van der Waals surface area contributed by atoms with Gasteiger partial charge in [-0.2, -0.15) is 0 Å². The first-order chi connectivity index (χ1) is 14.7. The Morgan fingerprint density at radius 2 is 1.50 bits per heavy atom. The van der Waals surface area contributed by atoms with Gasteiger partial charge in [-0.15, -0.1) is 0 Å². The maximum atomic E-state index is 13.0. The zero-order valence-corrected chi connectivity index (χ0v) is 16.5. The van der Waals surface area contributed by atoms with Crippen LogP contribution in [0.5, 0.6) is 5.75 Å². The van der Waals surface area contributed by atoms with E-state index >= 15 is 0 Å². The van der Waals surface area contributed by atoms with E-state index in [2.05, 4.69) is 4.98 Å². The SMILES string of the molecule is O=C(CCCOc1ccc2[nH]c(=O)ccc2c1)N(c1ccccc1)c1ccccc1. The zero-order valence-electron chi connectivity index (χ0n) is 16.5. The quantitative estimate of drug-likeness (QED) is 0.443. The van der Waals surface area contributed by atoms with Gasteiger partial charge in [-0.3, -0.25) is 14.5 Å². The van der Waals surface area contributed by atoms with Crippen LogP contribution in [0.25, 0.3) is 10.9 Å². The van der Waals surface area contributed by atoms with Crippen LogP contribution in [0, 0.1) is 0 Å². The Morgan fingerprint density at radius 3 is 2.17 bits per heavy atom. The molecular formula is C25H22N2O3. The minimum Gasteiger partial charge on any atom is -0.494 e. The van der Waals surface area contributed by atoms with E-state index in [9.17, 15) is 9.59 Å². The van der Waals surface area contributed by atoms with Crippen LogP contribution < -0.4 is 15.2 Å². The number of H-pyrrole nitrogens is 1. The van der Waals surface area contributed by atoms with E-state index in [1.165, 1.54) is 6.07 Å². The van der Waals surface area contributed by atoms with Crippen LogP contribution in [0.15, 0.2) is 95.8 Å². The number of nitrogens with one attached hydrogen (secondary N) is 1. The van der Waals surface area contributed by atoms with Crippen LogP contribution in [-0.4, -0.2) is 17.5 Å². The third-order valence-corrected chi connectivity index (χ3v) is 4.78. The van der Waals surface area contributed by atoms with Crippen LogP contribution in [0.2, 0.25) is 0 Å². The summed E-state index contributed by atoms with van der Waals surface area (Å²) >= 11 is 0. The van der Waals surface area contributed by atoms with Crippen molar-refractivity contribution < 1.29 is 9.53 Å². The van der Waals surface area contributed by atoms with Crippen LogP contribution in [0.1, 0.15) is 12.8 Å². The second-order valence-corrected chi connectivity index (χ2v) is 6.92. The molecule has 0 saturated carbocycles. The van der Waals surface area contributed by atoms with Gasteiger partial charge >= 0.3 is 0 Å². The number of benzene rings is 3. The highest BCUT2D eigenvalue weighted by Crippen LogP contribution is 2.26. The van der Waals surface area contributed by atoms with Crippen molar-refractivity contribution in [1.82, 2.24) is 4.98 Å². The Labute approximate surface area is 174 Å². The highest BCUT2D eigenvalue weighted by atomic mass is 16.5. The molecular weight excluding hydrogens is 376 g/mol. The first-order valence-corrected chi connectivity index (χ1v) is 9.90. The first-order valence-electron chi connectivity index (χ1n) is 9.90. The number of carbonyl (C=O) groups excluding carboxylic acids is 1. The molecule has 0 spiro atoms. The number of carbonyl (C=O) groups is 1. The summed E-state index contributed by atoms with van der Waals surface area (Å²) in [5.41, 5.74) is 2.33. The van der Waals surface area contributed by atoms with E-state index in [4.69, 9.17) is 4.74 Å². The number of aromatic amines is 1. The van der Waals surface area contributed by atoms with E-state index in [0.717, 1.165) is 22.3 Å². The molecule has 0 atom stereocenters. The third kappa shape index (κ3) is 4.58. The number of fused-ring (bicyclic) bond motifs is 1. The lowest BCUT2D eigenvalue weighted by atomic mass is 10.2. The molecule has 0 aliphatic heterocycles. The fourth-order valence-electron chi connectivity index (χ4n) is 3.34. The smallest absolute Gasteiger partial charge is 0.248 e. The van der Waals surface area contributed by atoms with Crippen molar-refractivity contribution in [2.75, 3.05) is 11.5 Å². The van der Waals surface area contributed by atoms with Gasteiger partial charge in [0.25, 0.3) is 0 Å². The largest absolute Gasteiger partial charge is 0.494 e. The lowest BCUT2D eigenvalue weighted by Crippen LogP contribution is -2.26. The number of pyridine rings is 1. The van der Waals surface area contributed by atoms with Gasteiger partial charge in [0.05, 0.1) is 6.61 Å². The normalized spacial score (nSPS) is 10.7. The molecule has 1 aromatic heterocycles. The molecule has 3 aromatic carbocycles. The Bertz CT molecular complexity index is 1150. The first kappa shape index (κ1) is 19.5. The van der Waals surface area contributed by atoms with E-state index in [-0.39, 0.29) is 11.5 Å². The average molecular weight is 398 g/mol. The standard InChI is InChI=1S/C25H22N2O3/c28-24-16-13-19-18-22(14-15-23(19)26-24)30-17-7-12-25(29)27(20-8-3-1-4-9-20)21-10-5-2-6-11-21/h1-6,8-11,13-16,18H,7,12,17H2,(H,26,28). The highest BCUT2D eigenvalue weighted by Gasteiger charge is 2.17.